The summed E-state index contributed by atoms with van der Waals surface area (Å²) in [4.78, 5) is 11.8. The molecule has 176 valence electrons. The number of sulfonamides is 1. The average molecular weight is 462 g/mol. The predicted octanol–water partition coefficient (Wildman–Crippen LogP) is 3.04. The number of carbonyl (C=O) groups is 1. The summed E-state index contributed by atoms with van der Waals surface area (Å²) in [6, 6.07) is 14.9. The maximum absolute atomic E-state index is 11.8. The molecule has 0 aliphatic carbocycles. The summed E-state index contributed by atoms with van der Waals surface area (Å²) in [5.41, 5.74) is 2.54. The van der Waals surface area contributed by atoms with Gasteiger partial charge in [0, 0.05) is 5.56 Å². The maximum Gasteiger partial charge on any atom is 0.264 e. The van der Waals surface area contributed by atoms with Crippen molar-refractivity contribution in [2.75, 3.05) is 32.4 Å². The highest BCUT2D eigenvalue weighted by molar-refractivity contribution is 7.89. The van der Waals surface area contributed by atoms with Crippen LogP contribution < -0.4 is 20.1 Å². The van der Waals surface area contributed by atoms with E-state index in [0.717, 1.165) is 43.7 Å². The lowest BCUT2D eigenvalue weighted by Gasteiger charge is -2.23. The van der Waals surface area contributed by atoms with E-state index >= 15 is 0 Å². The monoisotopic (exact) mass is 461 g/mol. The second-order valence-corrected chi connectivity index (χ2v) is 9.49. The molecule has 3 N–H and O–H groups in total. The molecule has 0 spiro atoms. The first kappa shape index (κ1) is 25.8. The van der Waals surface area contributed by atoms with Gasteiger partial charge in [-0.15, -0.1) is 0 Å². The molecule has 0 saturated carbocycles. The quantitative estimate of drug-likeness (QED) is 0.559. The van der Waals surface area contributed by atoms with Crippen LogP contribution in [0.3, 0.4) is 0 Å². The first-order valence-electron chi connectivity index (χ1n) is 11.1. The molecule has 0 unspecified atom stereocenters. The number of hydrogen-bond donors (Lipinski definition) is 3. The van der Waals surface area contributed by atoms with Gasteiger partial charge in [0.2, 0.25) is 10.0 Å². The highest BCUT2D eigenvalue weighted by Crippen LogP contribution is 2.26. The molecule has 0 aromatic heterocycles. The largest absolute Gasteiger partial charge is 0.489 e. The number of piperidine rings is 1. The van der Waals surface area contributed by atoms with Crippen LogP contribution in [0.15, 0.2) is 48.5 Å². The number of ether oxygens (including phenoxy) is 1. The highest BCUT2D eigenvalue weighted by Gasteiger charge is 2.15. The van der Waals surface area contributed by atoms with Gasteiger partial charge in [-0.1, -0.05) is 38.1 Å². The van der Waals surface area contributed by atoms with Crippen molar-refractivity contribution in [3.8, 4) is 5.75 Å². The SMILES string of the molecule is CCNCC.CS(=O)(=O)NC(=O)c1ccc(COc2ccc(C3CCNCC3)cc2)cc1. The van der Waals surface area contributed by atoms with Crippen LogP contribution in [0.5, 0.6) is 5.75 Å². The molecule has 1 amide bonds. The van der Waals surface area contributed by atoms with Gasteiger partial charge >= 0.3 is 0 Å². The molecule has 32 heavy (non-hydrogen) atoms. The number of benzene rings is 2. The van der Waals surface area contributed by atoms with Crippen molar-refractivity contribution in [1.82, 2.24) is 15.4 Å². The molecular formula is C24H35N3O4S. The Morgan fingerprint density at radius 1 is 1.00 bits per heavy atom. The van der Waals surface area contributed by atoms with Crippen LogP contribution in [0, 0.1) is 0 Å². The smallest absolute Gasteiger partial charge is 0.264 e. The molecule has 2 aromatic carbocycles. The van der Waals surface area contributed by atoms with Crippen LogP contribution in [0.4, 0.5) is 0 Å². The van der Waals surface area contributed by atoms with E-state index in [1.807, 2.05) is 16.9 Å². The van der Waals surface area contributed by atoms with E-state index in [9.17, 15) is 13.2 Å². The Balaban J connectivity index is 0.000000654. The Kier molecular flexibility index (Phi) is 10.7. The second-order valence-electron chi connectivity index (χ2n) is 7.74. The van der Waals surface area contributed by atoms with E-state index in [-0.39, 0.29) is 5.56 Å². The van der Waals surface area contributed by atoms with Gasteiger partial charge in [-0.2, -0.15) is 0 Å². The second kappa shape index (κ2) is 13.2. The number of carbonyl (C=O) groups excluding carboxylic acids is 1. The average Bonchev–Trinajstić information content (AvgIpc) is 2.79. The van der Waals surface area contributed by atoms with Gasteiger partial charge in [0.1, 0.15) is 12.4 Å². The standard InChI is InChI=1S/C20H24N2O4S.C4H11N/c1-27(24,25)22-20(23)18-4-2-15(3-5-18)14-26-19-8-6-16(7-9-19)17-10-12-21-13-11-17;1-3-5-4-2/h2-9,17,21H,10-14H2,1H3,(H,22,23);5H,3-4H2,1-2H3. The van der Waals surface area contributed by atoms with Crippen LogP contribution in [-0.4, -0.2) is 46.8 Å². The van der Waals surface area contributed by atoms with Crippen LogP contribution in [-0.2, 0) is 16.6 Å². The summed E-state index contributed by atoms with van der Waals surface area (Å²) in [5, 5.41) is 6.49. The van der Waals surface area contributed by atoms with Crippen molar-refractivity contribution >= 4 is 15.9 Å². The normalized spacial score (nSPS) is 14.2. The Bertz CT molecular complexity index is 921. The summed E-state index contributed by atoms with van der Waals surface area (Å²) < 4.78 is 30.0. The molecule has 1 aliphatic heterocycles. The highest BCUT2D eigenvalue weighted by atomic mass is 32.2. The fourth-order valence-electron chi connectivity index (χ4n) is 3.39. The number of rotatable bonds is 8. The van der Waals surface area contributed by atoms with E-state index in [2.05, 4.69) is 36.6 Å². The molecule has 0 bridgehead atoms. The minimum atomic E-state index is -3.57. The molecule has 1 aliphatic rings. The molecule has 1 fully saturated rings. The zero-order chi connectivity index (χ0) is 23.4. The lowest BCUT2D eigenvalue weighted by Crippen LogP contribution is -2.29. The third-order valence-electron chi connectivity index (χ3n) is 5.09. The van der Waals surface area contributed by atoms with E-state index < -0.39 is 15.9 Å². The van der Waals surface area contributed by atoms with Crippen LogP contribution in [0.1, 0.15) is 54.1 Å². The third-order valence-corrected chi connectivity index (χ3v) is 5.65. The molecule has 7 nitrogen and oxygen atoms in total. The van der Waals surface area contributed by atoms with Crippen LogP contribution >= 0.6 is 0 Å². The summed E-state index contributed by atoms with van der Waals surface area (Å²) in [6.07, 6.45) is 3.28. The summed E-state index contributed by atoms with van der Waals surface area (Å²) in [6.45, 7) is 8.91. The lowest BCUT2D eigenvalue weighted by molar-refractivity contribution is 0.0981. The Morgan fingerprint density at radius 3 is 2.09 bits per heavy atom. The number of amides is 1. The van der Waals surface area contributed by atoms with Crippen molar-refractivity contribution in [1.29, 1.82) is 0 Å². The molecule has 1 saturated heterocycles. The van der Waals surface area contributed by atoms with E-state index in [4.69, 9.17) is 4.74 Å². The predicted molar refractivity (Wildman–Crippen MR) is 129 cm³/mol. The molecule has 8 heteroatoms. The van der Waals surface area contributed by atoms with E-state index in [0.29, 0.717) is 12.5 Å². The van der Waals surface area contributed by atoms with Gasteiger partial charge < -0.3 is 15.4 Å². The van der Waals surface area contributed by atoms with Crippen molar-refractivity contribution in [3.05, 3.63) is 65.2 Å². The van der Waals surface area contributed by atoms with Gasteiger partial charge in [-0.3, -0.25) is 4.79 Å². The van der Waals surface area contributed by atoms with Crippen molar-refractivity contribution in [2.24, 2.45) is 0 Å². The fraction of sp³-hybridized carbons (Fsp3) is 0.458. The minimum absolute atomic E-state index is 0.287. The number of nitrogens with one attached hydrogen (secondary N) is 3. The summed E-state index contributed by atoms with van der Waals surface area (Å²) >= 11 is 0. The van der Waals surface area contributed by atoms with Crippen LogP contribution in [0.2, 0.25) is 0 Å². The molecule has 1 heterocycles. The van der Waals surface area contributed by atoms with Gasteiger partial charge in [0.15, 0.2) is 0 Å². The zero-order valence-corrected chi connectivity index (χ0v) is 20.0. The third kappa shape index (κ3) is 9.38. The first-order chi connectivity index (χ1) is 15.3. The zero-order valence-electron chi connectivity index (χ0n) is 19.2. The van der Waals surface area contributed by atoms with E-state index in [1.165, 1.54) is 18.4 Å². The van der Waals surface area contributed by atoms with Gasteiger partial charge in [-0.25, -0.2) is 13.1 Å². The van der Waals surface area contributed by atoms with Gasteiger partial charge in [0.25, 0.3) is 5.91 Å². The number of hydrogen-bond acceptors (Lipinski definition) is 6. The molecular weight excluding hydrogens is 426 g/mol. The fourth-order valence-corrected chi connectivity index (χ4v) is 3.84. The molecule has 3 rings (SSSR count). The minimum Gasteiger partial charge on any atom is -0.489 e. The topological polar surface area (TPSA) is 96.5 Å². The van der Waals surface area contributed by atoms with Gasteiger partial charge in [0.05, 0.1) is 6.26 Å². The van der Waals surface area contributed by atoms with Crippen molar-refractivity contribution < 1.29 is 17.9 Å². The van der Waals surface area contributed by atoms with Crippen molar-refractivity contribution in [2.45, 2.75) is 39.2 Å². The van der Waals surface area contributed by atoms with Crippen LogP contribution in [0.25, 0.3) is 0 Å². The van der Waals surface area contributed by atoms with Crippen molar-refractivity contribution in [3.63, 3.8) is 0 Å². The Hall–Kier alpha value is -2.42. The Morgan fingerprint density at radius 2 is 1.59 bits per heavy atom. The lowest BCUT2D eigenvalue weighted by atomic mass is 9.90. The summed E-state index contributed by atoms with van der Waals surface area (Å²) in [7, 11) is -3.57. The summed E-state index contributed by atoms with van der Waals surface area (Å²) in [5.74, 6) is 0.774. The molecule has 0 atom stereocenters. The van der Waals surface area contributed by atoms with E-state index in [1.54, 1.807) is 24.3 Å². The van der Waals surface area contributed by atoms with Gasteiger partial charge in [-0.05, 0) is 80.3 Å². The maximum atomic E-state index is 11.8. The first-order valence-corrected chi connectivity index (χ1v) is 13.0. The molecule has 2 aromatic rings. The molecule has 0 radical (unpaired) electrons. The Labute approximate surface area is 192 Å².